The number of hydrogen-bond acceptors (Lipinski definition) is 5. The summed E-state index contributed by atoms with van der Waals surface area (Å²) in [5, 5.41) is 0. The Hall–Kier alpha value is -1.19. The van der Waals surface area contributed by atoms with Crippen molar-refractivity contribution in [1.82, 2.24) is 5.43 Å². The van der Waals surface area contributed by atoms with Gasteiger partial charge in [-0.05, 0) is 24.1 Å². The second-order valence-electron chi connectivity index (χ2n) is 3.03. The number of hydrogen-bond donors (Lipinski definition) is 3. The highest BCUT2D eigenvalue weighted by molar-refractivity contribution is 7.79. The van der Waals surface area contributed by atoms with E-state index in [9.17, 15) is 0 Å². The number of benzene rings is 1. The molecule has 17 heavy (non-hydrogen) atoms. The first-order valence-electron chi connectivity index (χ1n) is 4.68. The molecule has 0 atom stereocenters. The molecule has 1 rings (SSSR count). The predicted octanol–water partition coefficient (Wildman–Crippen LogP) is -1.01. The molecule has 1 aromatic rings. The normalized spacial score (nSPS) is 10.4. The van der Waals surface area contributed by atoms with Crippen molar-refractivity contribution in [1.29, 1.82) is 0 Å². The van der Waals surface area contributed by atoms with Crippen LogP contribution < -0.4 is 16.0 Å². The maximum atomic E-state index is 8.63. The molecule has 7 nitrogen and oxygen atoms in total. The Labute approximate surface area is 100 Å². The molecule has 0 saturated carbocycles. The average molecular weight is 264 g/mol. The zero-order chi connectivity index (χ0) is 13.3. The van der Waals surface area contributed by atoms with E-state index >= 15 is 0 Å². The third kappa shape index (κ3) is 11.1. The lowest BCUT2D eigenvalue weighted by Crippen LogP contribution is -2.65. The quantitative estimate of drug-likeness (QED) is 0.363. The number of quaternary nitrogens is 1. The lowest BCUT2D eigenvalue weighted by atomic mass is 10.1. The SMILES string of the molecule is COc1ccc(CCN[NH3+])cc1.O=S(=O)([O-])O. The maximum absolute atomic E-state index is 8.63. The van der Waals surface area contributed by atoms with Gasteiger partial charge in [-0.3, -0.25) is 10.4 Å². The molecule has 5 N–H and O–H groups in total. The molecule has 8 heteroatoms. The molecular weight excluding hydrogens is 248 g/mol. The zero-order valence-electron chi connectivity index (χ0n) is 9.42. The van der Waals surface area contributed by atoms with E-state index in [1.54, 1.807) is 7.11 Å². The fraction of sp³-hybridized carbons (Fsp3) is 0.333. The van der Waals surface area contributed by atoms with Gasteiger partial charge in [0.1, 0.15) is 5.75 Å². The molecule has 0 aliphatic carbocycles. The summed E-state index contributed by atoms with van der Waals surface area (Å²) in [4.78, 5) is 0. The Balaban J connectivity index is 0.000000437. The largest absolute Gasteiger partial charge is 0.726 e. The molecule has 0 radical (unpaired) electrons. The molecule has 0 aliphatic heterocycles. The molecular formula is C9H16N2O5S. The number of nitrogens with one attached hydrogen (secondary N) is 1. The fourth-order valence-electron chi connectivity index (χ4n) is 1.02. The zero-order valence-corrected chi connectivity index (χ0v) is 10.2. The van der Waals surface area contributed by atoms with Crippen molar-refractivity contribution >= 4 is 10.4 Å². The summed E-state index contributed by atoms with van der Waals surface area (Å²) < 4.78 is 37.9. The summed E-state index contributed by atoms with van der Waals surface area (Å²) in [6, 6.07) is 8.07. The van der Waals surface area contributed by atoms with Crippen LogP contribution in [0.1, 0.15) is 5.56 Å². The van der Waals surface area contributed by atoms with Gasteiger partial charge in [0, 0.05) is 6.54 Å². The minimum atomic E-state index is -4.92. The van der Waals surface area contributed by atoms with Gasteiger partial charge in [-0.25, -0.2) is 8.42 Å². The van der Waals surface area contributed by atoms with Gasteiger partial charge in [0.2, 0.25) is 10.4 Å². The highest BCUT2D eigenvalue weighted by Gasteiger charge is 1.93. The first kappa shape index (κ1) is 15.8. The molecule has 0 aromatic heterocycles. The molecule has 0 amide bonds. The van der Waals surface area contributed by atoms with Crippen LogP contribution in [-0.2, 0) is 16.8 Å². The lowest BCUT2D eigenvalue weighted by molar-refractivity contribution is -0.442. The van der Waals surface area contributed by atoms with Gasteiger partial charge >= 0.3 is 0 Å². The van der Waals surface area contributed by atoms with Gasteiger partial charge in [-0.15, -0.1) is 0 Å². The van der Waals surface area contributed by atoms with Crippen molar-refractivity contribution in [2.24, 2.45) is 0 Å². The average Bonchev–Trinajstić information content (AvgIpc) is 2.25. The topological polar surface area (TPSA) is 126 Å². The predicted molar refractivity (Wildman–Crippen MR) is 59.9 cm³/mol. The van der Waals surface area contributed by atoms with Crippen LogP contribution in [0.25, 0.3) is 0 Å². The first-order chi connectivity index (χ1) is 7.86. The van der Waals surface area contributed by atoms with Crippen molar-refractivity contribution in [3.05, 3.63) is 29.8 Å². The van der Waals surface area contributed by atoms with Crippen LogP contribution in [0.3, 0.4) is 0 Å². The Morgan fingerprint density at radius 2 is 1.88 bits per heavy atom. The van der Waals surface area contributed by atoms with Crippen molar-refractivity contribution in [2.45, 2.75) is 6.42 Å². The summed E-state index contributed by atoms with van der Waals surface area (Å²) >= 11 is 0. The second kappa shape index (κ2) is 7.98. The molecule has 0 bridgehead atoms. The standard InChI is InChI=1S/C9H14N2O.H2O4S/c1-12-9-4-2-8(3-5-9)6-7-11-10;1-5(2,3)4/h2-5,11H,6-7,10H2,1H3;(H2,1,2,3,4). The molecule has 0 heterocycles. The Morgan fingerprint density at radius 3 is 2.24 bits per heavy atom. The van der Waals surface area contributed by atoms with Gasteiger partial charge in [0.25, 0.3) is 0 Å². The number of methoxy groups -OCH3 is 1. The Kier molecular flexibility index (Phi) is 7.42. The van der Waals surface area contributed by atoms with E-state index in [4.69, 9.17) is 22.3 Å². The lowest BCUT2D eigenvalue weighted by Gasteiger charge is -2.01. The molecule has 98 valence electrons. The van der Waals surface area contributed by atoms with Crippen LogP contribution >= 0.6 is 0 Å². The van der Waals surface area contributed by atoms with E-state index < -0.39 is 10.4 Å². The smallest absolute Gasteiger partial charge is 0.215 e. The molecule has 0 unspecified atom stereocenters. The van der Waals surface area contributed by atoms with Crippen LogP contribution in [-0.4, -0.2) is 31.2 Å². The number of ether oxygens (including phenoxy) is 1. The molecule has 0 aliphatic rings. The van der Waals surface area contributed by atoms with Crippen LogP contribution in [0.2, 0.25) is 0 Å². The van der Waals surface area contributed by atoms with Crippen LogP contribution in [0.5, 0.6) is 5.75 Å². The second-order valence-corrected chi connectivity index (χ2v) is 3.88. The monoisotopic (exact) mass is 264 g/mol. The van der Waals surface area contributed by atoms with Gasteiger partial charge in [-0.1, -0.05) is 12.1 Å². The highest BCUT2D eigenvalue weighted by atomic mass is 32.3. The van der Waals surface area contributed by atoms with Gasteiger partial charge in [-0.2, -0.15) is 5.43 Å². The molecule has 0 saturated heterocycles. The fourth-order valence-corrected chi connectivity index (χ4v) is 1.02. The van der Waals surface area contributed by atoms with E-state index in [0.29, 0.717) is 0 Å². The summed E-state index contributed by atoms with van der Waals surface area (Å²) in [5.74, 6) is 4.46. The molecule has 1 aromatic carbocycles. The van der Waals surface area contributed by atoms with E-state index in [1.165, 1.54) is 5.56 Å². The van der Waals surface area contributed by atoms with Crippen molar-refractivity contribution < 1.29 is 28.1 Å². The van der Waals surface area contributed by atoms with Crippen LogP contribution in [0.4, 0.5) is 0 Å². The van der Waals surface area contributed by atoms with E-state index in [2.05, 4.69) is 23.4 Å². The number of rotatable bonds is 4. The van der Waals surface area contributed by atoms with Crippen LogP contribution in [0.15, 0.2) is 24.3 Å². The third-order valence-electron chi connectivity index (χ3n) is 1.75. The van der Waals surface area contributed by atoms with Crippen molar-refractivity contribution in [2.75, 3.05) is 13.7 Å². The minimum Gasteiger partial charge on any atom is -0.726 e. The summed E-state index contributed by atoms with van der Waals surface area (Å²) in [6.45, 7) is 0.909. The van der Waals surface area contributed by atoms with Crippen LogP contribution in [0, 0.1) is 0 Å². The van der Waals surface area contributed by atoms with Crippen molar-refractivity contribution in [3.8, 4) is 5.75 Å². The van der Waals surface area contributed by atoms with E-state index in [1.807, 2.05) is 12.1 Å². The molecule has 0 spiro atoms. The van der Waals surface area contributed by atoms with Gasteiger partial charge in [0.15, 0.2) is 0 Å². The first-order valence-corrected chi connectivity index (χ1v) is 6.04. The van der Waals surface area contributed by atoms with Crippen molar-refractivity contribution in [3.63, 3.8) is 0 Å². The van der Waals surface area contributed by atoms with E-state index in [0.717, 1.165) is 18.7 Å². The Bertz CT molecular complexity index is 396. The highest BCUT2D eigenvalue weighted by Crippen LogP contribution is 2.10. The minimum absolute atomic E-state index is 0.904. The maximum Gasteiger partial charge on any atom is 0.215 e. The summed E-state index contributed by atoms with van der Waals surface area (Å²) in [6.07, 6.45) is 1.01. The summed E-state index contributed by atoms with van der Waals surface area (Å²) in [5.41, 5.74) is 4.16. The third-order valence-corrected chi connectivity index (χ3v) is 1.75. The van der Waals surface area contributed by atoms with Gasteiger partial charge < -0.3 is 9.29 Å². The van der Waals surface area contributed by atoms with Gasteiger partial charge in [0.05, 0.1) is 7.11 Å². The molecule has 0 fully saturated rings. The Morgan fingerprint density at radius 1 is 1.41 bits per heavy atom. The van der Waals surface area contributed by atoms with E-state index in [-0.39, 0.29) is 0 Å². The summed E-state index contributed by atoms with van der Waals surface area (Å²) in [7, 11) is -3.24.